The highest BCUT2D eigenvalue weighted by atomic mass is 16.7. The first-order chi connectivity index (χ1) is 16.1. The summed E-state index contributed by atoms with van der Waals surface area (Å²) < 4.78 is 17.7. The smallest absolute Gasteiger partial charge is 0.273 e. The summed E-state index contributed by atoms with van der Waals surface area (Å²) >= 11 is 0. The number of rotatable bonds is 6. The molecule has 1 amide bonds. The number of hydrogen-bond donors (Lipinski definition) is 2. The van der Waals surface area contributed by atoms with E-state index in [9.17, 15) is 14.4 Å². The Morgan fingerprint density at radius 2 is 1.79 bits per heavy atom. The van der Waals surface area contributed by atoms with E-state index in [1.165, 1.54) is 4.68 Å². The molecule has 0 bridgehead atoms. The summed E-state index contributed by atoms with van der Waals surface area (Å²) in [6.07, 6.45) is 1.61. The number of nitrogens with one attached hydrogen (secondary N) is 2. The lowest BCUT2D eigenvalue weighted by Crippen LogP contribution is -2.45. The van der Waals surface area contributed by atoms with Crippen LogP contribution in [0.4, 0.5) is 0 Å². The van der Waals surface area contributed by atoms with Gasteiger partial charge in [-0.1, -0.05) is 18.2 Å². The average Bonchev–Trinajstić information content (AvgIpc) is 3.33. The number of hydrogen-bond acceptors (Lipinski definition) is 6. The van der Waals surface area contributed by atoms with E-state index in [4.69, 9.17) is 14.2 Å². The number of benzene rings is 2. The summed E-state index contributed by atoms with van der Waals surface area (Å²) in [4.78, 5) is 37.6. The van der Waals surface area contributed by atoms with Crippen LogP contribution in [0.2, 0.25) is 0 Å². The molecule has 0 unspecified atom stereocenters. The Balaban J connectivity index is 1.28. The van der Waals surface area contributed by atoms with Crippen molar-refractivity contribution in [2.75, 3.05) is 26.6 Å². The minimum absolute atomic E-state index is 0.0713. The van der Waals surface area contributed by atoms with Crippen LogP contribution < -0.4 is 25.9 Å². The van der Waals surface area contributed by atoms with Crippen molar-refractivity contribution in [1.82, 2.24) is 15.1 Å². The van der Waals surface area contributed by atoms with Gasteiger partial charge >= 0.3 is 0 Å². The number of aryl methyl sites for hydroxylation is 1. The van der Waals surface area contributed by atoms with Crippen molar-refractivity contribution in [3.8, 4) is 11.5 Å². The van der Waals surface area contributed by atoms with Gasteiger partial charge in [0.2, 0.25) is 12.7 Å². The average molecular weight is 451 g/mol. The Kier molecular flexibility index (Phi) is 5.63. The molecule has 1 fully saturated rings. The van der Waals surface area contributed by atoms with Crippen LogP contribution in [-0.4, -0.2) is 42.2 Å². The van der Waals surface area contributed by atoms with E-state index in [-0.39, 0.29) is 42.2 Å². The van der Waals surface area contributed by atoms with Crippen LogP contribution in [0, 0.1) is 0 Å². The fourth-order valence-electron chi connectivity index (χ4n) is 4.53. The molecule has 1 saturated heterocycles. The van der Waals surface area contributed by atoms with Gasteiger partial charge < -0.3 is 19.5 Å². The van der Waals surface area contributed by atoms with Crippen LogP contribution >= 0.6 is 0 Å². The van der Waals surface area contributed by atoms with Crippen molar-refractivity contribution < 1.29 is 19.0 Å². The van der Waals surface area contributed by atoms with Gasteiger partial charge in [0.05, 0.1) is 17.3 Å². The molecule has 0 spiro atoms. The second-order valence-corrected chi connectivity index (χ2v) is 8.43. The first-order valence-corrected chi connectivity index (χ1v) is 11.0. The van der Waals surface area contributed by atoms with Crippen LogP contribution in [0.15, 0.2) is 52.1 Å². The second-order valence-electron chi connectivity index (χ2n) is 8.43. The van der Waals surface area contributed by atoms with E-state index in [0.717, 1.165) is 24.2 Å². The van der Waals surface area contributed by atoms with Gasteiger partial charge in [-0.3, -0.25) is 19.5 Å². The van der Waals surface area contributed by atoms with Crippen molar-refractivity contribution in [2.45, 2.75) is 31.2 Å². The van der Waals surface area contributed by atoms with E-state index in [1.807, 2.05) is 18.2 Å². The molecule has 0 atom stereocenters. The summed E-state index contributed by atoms with van der Waals surface area (Å²) in [5.74, 6) is 1.24. The lowest BCUT2D eigenvalue weighted by atomic mass is 9.74. The zero-order chi connectivity index (χ0) is 22.8. The molecule has 2 aliphatic heterocycles. The van der Waals surface area contributed by atoms with E-state index in [1.54, 1.807) is 24.3 Å². The Labute approximate surface area is 189 Å². The van der Waals surface area contributed by atoms with Gasteiger partial charge in [0.15, 0.2) is 11.5 Å². The monoisotopic (exact) mass is 451 g/mol. The highest BCUT2D eigenvalue weighted by molar-refractivity contribution is 5.80. The lowest BCUT2D eigenvalue weighted by Gasteiger charge is -2.38. The highest BCUT2D eigenvalue weighted by Crippen LogP contribution is 2.40. The number of amides is 1. The van der Waals surface area contributed by atoms with Crippen LogP contribution in [-0.2, 0) is 21.5 Å². The fraction of sp³-hybridized carbons (Fsp3) is 0.375. The fourth-order valence-corrected chi connectivity index (χ4v) is 4.53. The largest absolute Gasteiger partial charge is 0.454 e. The predicted molar refractivity (Wildman–Crippen MR) is 121 cm³/mol. The molecule has 5 rings (SSSR count). The maximum Gasteiger partial charge on any atom is 0.273 e. The molecule has 9 heteroatoms. The number of nitrogens with zero attached hydrogens (tertiary/aromatic N) is 1. The van der Waals surface area contributed by atoms with E-state index in [2.05, 4.69) is 10.4 Å². The molecule has 3 aromatic rings. The SMILES string of the molecule is O=C(CCn1[nH]c(=O)c2ccccc2c1=O)NCC1(c2ccc3c(c2)OCO3)CCOCC1. The minimum Gasteiger partial charge on any atom is -0.454 e. The molecule has 2 aliphatic rings. The number of carbonyl (C=O) groups is 1. The molecule has 33 heavy (non-hydrogen) atoms. The van der Waals surface area contributed by atoms with Gasteiger partial charge in [-0.05, 0) is 42.7 Å². The van der Waals surface area contributed by atoms with Crippen LogP contribution in [0.3, 0.4) is 0 Å². The van der Waals surface area contributed by atoms with Crippen LogP contribution in [0.25, 0.3) is 10.8 Å². The maximum atomic E-state index is 12.7. The predicted octanol–water partition coefficient (Wildman–Crippen LogP) is 1.67. The van der Waals surface area contributed by atoms with Gasteiger partial charge in [0, 0.05) is 31.6 Å². The highest BCUT2D eigenvalue weighted by Gasteiger charge is 2.36. The quantitative estimate of drug-likeness (QED) is 0.590. The molecular weight excluding hydrogens is 426 g/mol. The topological polar surface area (TPSA) is 112 Å². The normalized spacial score (nSPS) is 16.6. The molecule has 0 aliphatic carbocycles. The number of aromatic amines is 1. The standard InChI is InChI=1S/C24H25N3O6/c28-21(7-10-27-23(30)18-4-2-1-3-17(18)22(29)26-27)25-14-24(8-11-31-12-9-24)16-5-6-19-20(13-16)33-15-32-19/h1-6,13H,7-12,14-15H2,(H,25,28)(H,26,29). The molecular formula is C24H25N3O6. The zero-order valence-electron chi connectivity index (χ0n) is 18.1. The Morgan fingerprint density at radius 3 is 2.61 bits per heavy atom. The van der Waals surface area contributed by atoms with Crippen molar-refractivity contribution in [1.29, 1.82) is 0 Å². The van der Waals surface area contributed by atoms with Crippen LogP contribution in [0.1, 0.15) is 24.8 Å². The number of carbonyl (C=O) groups excluding carboxylic acids is 1. The zero-order valence-corrected chi connectivity index (χ0v) is 18.1. The summed E-state index contributed by atoms with van der Waals surface area (Å²) in [7, 11) is 0. The molecule has 0 radical (unpaired) electrons. The molecule has 172 valence electrons. The summed E-state index contributed by atoms with van der Waals surface area (Å²) in [6.45, 7) is 1.96. The van der Waals surface area contributed by atoms with Crippen molar-refractivity contribution in [2.24, 2.45) is 0 Å². The van der Waals surface area contributed by atoms with E-state index in [0.29, 0.717) is 36.3 Å². The maximum absolute atomic E-state index is 12.7. The van der Waals surface area contributed by atoms with Crippen molar-refractivity contribution >= 4 is 16.7 Å². The summed E-state index contributed by atoms with van der Waals surface area (Å²) in [5.41, 5.74) is 0.127. The number of ether oxygens (including phenoxy) is 3. The van der Waals surface area contributed by atoms with Gasteiger partial charge in [-0.2, -0.15) is 0 Å². The third-order valence-electron chi connectivity index (χ3n) is 6.51. The first kappa shape index (κ1) is 21.3. The lowest BCUT2D eigenvalue weighted by molar-refractivity contribution is -0.121. The van der Waals surface area contributed by atoms with E-state index < -0.39 is 0 Å². The number of aromatic nitrogens is 2. The number of fused-ring (bicyclic) bond motifs is 2. The third kappa shape index (κ3) is 4.11. The van der Waals surface area contributed by atoms with Gasteiger partial charge in [0.1, 0.15) is 0 Å². The third-order valence-corrected chi connectivity index (χ3v) is 6.51. The first-order valence-electron chi connectivity index (χ1n) is 11.0. The van der Waals surface area contributed by atoms with E-state index >= 15 is 0 Å². The molecule has 3 heterocycles. The summed E-state index contributed by atoms with van der Waals surface area (Å²) in [6, 6.07) is 12.5. The van der Waals surface area contributed by atoms with Crippen LogP contribution in [0.5, 0.6) is 11.5 Å². The Morgan fingerprint density at radius 1 is 1.03 bits per heavy atom. The van der Waals surface area contributed by atoms with Gasteiger partial charge in [-0.25, -0.2) is 4.68 Å². The molecule has 1 aromatic heterocycles. The van der Waals surface area contributed by atoms with Crippen molar-refractivity contribution in [3.63, 3.8) is 0 Å². The molecule has 9 nitrogen and oxygen atoms in total. The van der Waals surface area contributed by atoms with Crippen molar-refractivity contribution in [3.05, 3.63) is 68.7 Å². The van der Waals surface area contributed by atoms with Gasteiger partial charge in [-0.15, -0.1) is 0 Å². The Bertz CT molecular complexity index is 1310. The molecule has 0 saturated carbocycles. The second kappa shape index (κ2) is 8.74. The summed E-state index contributed by atoms with van der Waals surface area (Å²) in [5, 5.41) is 6.27. The Hall–Kier alpha value is -3.59. The number of H-pyrrole nitrogens is 1. The molecule has 2 N–H and O–H groups in total. The minimum atomic E-state index is -0.352. The van der Waals surface area contributed by atoms with Gasteiger partial charge in [0.25, 0.3) is 11.1 Å². The molecule has 2 aromatic carbocycles.